The van der Waals surface area contributed by atoms with Gasteiger partial charge in [-0.3, -0.25) is 4.98 Å². The molecule has 0 saturated carbocycles. The van der Waals surface area contributed by atoms with Gasteiger partial charge in [-0.25, -0.2) is 0 Å². The number of pyridine rings is 1. The lowest BCUT2D eigenvalue weighted by Gasteiger charge is -2.07. The minimum absolute atomic E-state index is 0.478. The Labute approximate surface area is 82.4 Å². The van der Waals surface area contributed by atoms with Gasteiger partial charge in [0.1, 0.15) is 0 Å². The SMILES string of the molecule is OC(Cc1cccnc1)c1ccc[nH]1. The maximum atomic E-state index is 9.80. The smallest absolute Gasteiger partial charge is 0.0978 e. The topological polar surface area (TPSA) is 48.9 Å². The quantitative estimate of drug-likeness (QED) is 0.770. The van der Waals surface area contributed by atoms with Crippen molar-refractivity contribution in [1.29, 1.82) is 0 Å². The number of aliphatic hydroxyl groups excluding tert-OH is 1. The van der Waals surface area contributed by atoms with Crippen molar-refractivity contribution in [2.45, 2.75) is 12.5 Å². The molecule has 72 valence electrons. The third kappa shape index (κ3) is 2.00. The Morgan fingerprint density at radius 1 is 1.36 bits per heavy atom. The number of hydrogen-bond donors (Lipinski definition) is 2. The first-order valence-electron chi connectivity index (χ1n) is 4.56. The van der Waals surface area contributed by atoms with E-state index in [1.165, 1.54) is 0 Å². The number of H-pyrrole nitrogens is 1. The van der Waals surface area contributed by atoms with Crippen LogP contribution in [0.2, 0.25) is 0 Å². The van der Waals surface area contributed by atoms with Crippen molar-refractivity contribution in [2.75, 3.05) is 0 Å². The highest BCUT2D eigenvalue weighted by Crippen LogP contribution is 2.15. The molecule has 1 unspecified atom stereocenters. The van der Waals surface area contributed by atoms with Crippen molar-refractivity contribution in [3.8, 4) is 0 Å². The average Bonchev–Trinajstić information content (AvgIpc) is 2.72. The molecule has 0 bridgehead atoms. The molecule has 1 atom stereocenters. The molecule has 0 aliphatic carbocycles. The number of aliphatic hydroxyl groups is 1. The van der Waals surface area contributed by atoms with Crippen LogP contribution in [0.3, 0.4) is 0 Å². The van der Waals surface area contributed by atoms with Crippen LogP contribution in [0.25, 0.3) is 0 Å². The predicted molar refractivity (Wildman–Crippen MR) is 53.7 cm³/mol. The molecule has 2 heterocycles. The molecule has 0 aliphatic heterocycles. The largest absolute Gasteiger partial charge is 0.387 e. The maximum absolute atomic E-state index is 9.80. The van der Waals surface area contributed by atoms with Crippen LogP contribution in [-0.4, -0.2) is 15.1 Å². The summed E-state index contributed by atoms with van der Waals surface area (Å²) in [5, 5.41) is 9.80. The number of hydrogen-bond acceptors (Lipinski definition) is 2. The minimum Gasteiger partial charge on any atom is -0.387 e. The number of nitrogens with one attached hydrogen (secondary N) is 1. The van der Waals surface area contributed by atoms with Gasteiger partial charge < -0.3 is 10.1 Å². The van der Waals surface area contributed by atoms with E-state index in [0.717, 1.165) is 11.3 Å². The van der Waals surface area contributed by atoms with Gasteiger partial charge in [-0.1, -0.05) is 6.07 Å². The van der Waals surface area contributed by atoms with E-state index in [1.807, 2.05) is 30.5 Å². The molecule has 14 heavy (non-hydrogen) atoms. The van der Waals surface area contributed by atoms with E-state index in [2.05, 4.69) is 9.97 Å². The van der Waals surface area contributed by atoms with E-state index >= 15 is 0 Å². The lowest BCUT2D eigenvalue weighted by atomic mass is 10.1. The Hall–Kier alpha value is -1.61. The Kier molecular flexibility index (Phi) is 2.60. The first kappa shape index (κ1) is 8.97. The molecule has 2 aromatic heterocycles. The lowest BCUT2D eigenvalue weighted by molar-refractivity contribution is 0.174. The second kappa shape index (κ2) is 4.07. The standard InChI is InChI=1S/C11H12N2O/c14-11(10-4-2-6-13-10)7-9-3-1-5-12-8-9/h1-6,8,11,13-14H,7H2. The molecule has 0 aliphatic rings. The molecular weight excluding hydrogens is 176 g/mol. The van der Waals surface area contributed by atoms with Crippen LogP contribution in [0, 0.1) is 0 Å². The van der Waals surface area contributed by atoms with Crippen LogP contribution >= 0.6 is 0 Å². The van der Waals surface area contributed by atoms with Crippen LogP contribution in [0.15, 0.2) is 42.9 Å². The summed E-state index contributed by atoms with van der Waals surface area (Å²) in [6, 6.07) is 7.58. The summed E-state index contributed by atoms with van der Waals surface area (Å²) < 4.78 is 0. The summed E-state index contributed by atoms with van der Waals surface area (Å²) in [6.45, 7) is 0. The summed E-state index contributed by atoms with van der Waals surface area (Å²) in [5.74, 6) is 0. The molecule has 0 fully saturated rings. The van der Waals surface area contributed by atoms with Gasteiger partial charge in [-0.05, 0) is 23.8 Å². The summed E-state index contributed by atoms with van der Waals surface area (Å²) in [5.41, 5.74) is 1.88. The summed E-state index contributed by atoms with van der Waals surface area (Å²) in [7, 11) is 0. The molecule has 0 spiro atoms. The molecule has 2 aromatic rings. The van der Waals surface area contributed by atoms with E-state index in [9.17, 15) is 5.11 Å². The van der Waals surface area contributed by atoms with Crippen LogP contribution in [0.4, 0.5) is 0 Å². The molecule has 2 N–H and O–H groups in total. The van der Waals surface area contributed by atoms with Crippen molar-refractivity contribution in [1.82, 2.24) is 9.97 Å². The van der Waals surface area contributed by atoms with Gasteiger partial charge in [0.05, 0.1) is 6.10 Å². The summed E-state index contributed by atoms with van der Waals surface area (Å²) in [6.07, 6.45) is 5.42. The third-order valence-electron chi connectivity index (χ3n) is 2.13. The molecule has 3 nitrogen and oxygen atoms in total. The normalized spacial score (nSPS) is 12.6. The molecule has 3 heteroatoms. The van der Waals surface area contributed by atoms with E-state index in [1.54, 1.807) is 12.4 Å². The maximum Gasteiger partial charge on any atom is 0.0978 e. The molecular formula is C11H12N2O. The molecule has 2 rings (SSSR count). The zero-order valence-electron chi connectivity index (χ0n) is 7.72. The van der Waals surface area contributed by atoms with Gasteiger partial charge >= 0.3 is 0 Å². The van der Waals surface area contributed by atoms with E-state index < -0.39 is 6.10 Å². The zero-order valence-corrected chi connectivity index (χ0v) is 7.72. The molecule has 0 amide bonds. The van der Waals surface area contributed by atoms with Gasteiger partial charge in [-0.15, -0.1) is 0 Å². The fraction of sp³-hybridized carbons (Fsp3) is 0.182. The number of aromatic nitrogens is 2. The number of aromatic amines is 1. The second-order valence-corrected chi connectivity index (χ2v) is 3.21. The summed E-state index contributed by atoms with van der Waals surface area (Å²) >= 11 is 0. The van der Waals surface area contributed by atoms with E-state index in [0.29, 0.717) is 6.42 Å². The fourth-order valence-corrected chi connectivity index (χ4v) is 1.40. The Morgan fingerprint density at radius 3 is 2.93 bits per heavy atom. The van der Waals surface area contributed by atoms with Gasteiger partial charge in [0, 0.05) is 30.7 Å². The molecule has 0 radical (unpaired) electrons. The van der Waals surface area contributed by atoms with E-state index in [-0.39, 0.29) is 0 Å². The second-order valence-electron chi connectivity index (χ2n) is 3.21. The van der Waals surface area contributed by atoms with Crippen molar-refractivity contribution >= 4 is 0 Å². The average molecular weight is 188 g/mol. The van der Waals surface area contributed by atoms with Gasteiger partial charge in [0.15, 0.2) is 0 Å². The van der Waals surface area contributed by atoms with Gasteiger partial charge in [0.2, 0.25) is 0 Å². The van der Waals surface area contributed by atoms with Crippen molar-refractivity contribution in [3.05, 3.63) is 54.1 Å². The Balaban J connectivity index is 2.06. The first-order valence-corrected chi connectivity index (χ1v) is 4.56. The first-order chi connectivity index (χ1) is 6.86. The minimum atomic E-state index is -0.478. The van der Waals surface area contributed by atoms with Crippen molar-refractivity contribution in [3.63, 3.8) is 0 Å². The molecule has 0 saturated heterocycles. The van der Waals surface area contributed by atoms with Crippen LogP contribution < -0.4 is 0 Å². The Bertz CT molecular complexity index is 369. The highest BCUT2D eigenvalue weighted by molar-refractivity contribution is 5.14. The fourth-order valence-electron chi connectivity index (χ4n) is 1.40. The summed E-state index contributed by atoms with van der Waals surface area (Å²) in [4.78, 5) is 6.98. The zero-order chi connectivity index (χ0) is 9.80. The van der Waals surface area contributed by atoms with Gasteiger partial charge in [0.25, 0.3) is 0 Å². The van der Waals surface area contributed by atoms with Crippen LogP contribution in [0.1, 0.15) is 17.4 Å². The predicted octanol–water partition coefficient (Wildman–Crippen LogP) is 1.69. The Morgan fingerprint density at radius 2 is 2.29 bits per heavy atom. The highest BCUT2D eigenvalue weighted by atomic mass is 16.3. The van der Waals surface area contributed by atoms with Crippen LogP contribution in [0.5, 0.6) is 0 Å². The van der Waals surface area contributed by atoms with Gasteiger partial charge in [-0.2, -0.15) is 0 Å². The lowest BCUT2D eigenvalue weighted by Crippen LogP contribution is -2.02. The monoisotopic (exact) mass is 188 g/mol. The molecule has 0 aromatic carbocycles. The van der Waals surface area contributed by atoms with Crippen LogP contribution in [-0.2, 0) is 6.42 Å². The number of nitrogens with zero attached hydrogens (tertiary/aromatic N) is 1. The highest BCUT2D eigenvalue weighted by Gasteiger charge is 2.08. The third-order valence-corrected chi connectivity index (χ3v) is 2.13. The van der Waals surface area contributed by atoms with Crippen molar-refractivity contribution in [2.24, 2.45) is 0 Å². The van der Waals surface area contributed by atoms with E-state index in [4.69, 9.17) is 0 Å². The van der Waals surface area contributed by atoms with Crippen molar-refractivity contribution < 1.29 is 5.11 Å². The number of rotatable bonds is 3.